The first-order chi connectivity index (χ1) is 7.20. The quantitative estimate of drug-likeness (QED) is 0.748. The van der Waals surface area contributed by atoms with E-state index in [1.165, 1.54) is 0 Å². The smallest absolute Gasteiger partial charge is 0.205 e. The molecular formula is C10H17N3O2. The number of anilines is 1. The molecule has 0 aliphatic carbocycles. The van der Waals surface area contributed by atoms with Crippen molar-refractivity contribution >= 4 is 5.95 Å². The minimum absolute atomic E-state index is 0.0608. The van der Waals surface area contributed by atoms with Gasteiger partial charge in [-0.05, 0) is 6.92 Å². The number of hydrogen-bond acceptors (Lipinski definition) is 4. The summed E-state index contributed by atoms with van der Waals surface area (Å²) in [5.41, 5.74) is 0. The number of nitrogens with zero attached hydrogens (tertiary/aromatic N) is 3. The number of imidazole rings is 1. The van der Waals surface area contributed by atoms with E-state index in [2.05, 4.69) is 9.88 Å². The standard InChI is InChI=1S/C10H17N3O2/c1-8-5-13(6-9(7-14)15-8)10-11-3-4-12(10)2/h3-4,8-9,14H,5-7H2,1-2H3. The highest BCUT2D eigenvalue weighted by Crippen LogP contribution is 2.17. The molecular weight excluding hydrogens is 194 g/mol. The summed E-state index contributed by atoms with van der Waals surface area (Å²) in [6.45, 7) is 3.59. The molecule has 1 saturated heterocycles. The second-order valence-corrected chi connectivity index (χ2v) is 3.99. The van der Waals surface area contributed by atoms with E-state index < -0.39 is 0 Å². The SMILES string of the molecule is CC1CN(c2nccn2C)CC(CO)O1. The maximum Gasteiger partial charge on any atom is 0.205 e. The summed E-state index contributed by atoms with van der Waals surface area (Å²) in [4.78, 5) is 6.44. The van der Waals surface area contributed by atoms with Gasteiger partial charge in [0.25, 0.3) is 0 Å². The molecule has 84 valence electrons. The topological polar surface area (TPSA) is 50.5 Å². The highest BCUT2D eigenvalue weighted by molar-refractivity contribution is 5.32. The van der Waals surface area contributed by atoms with E-state index in [0.29, 0.717) is 6.54 Å². The monoisotopic (exact) mass is 211 g/mol. The Labute approximate surface area is 89.3 Å². The van der Waals surface area contributed by atoms with Gasteiger partial charge in [0, 0.05) is 32.5 Å². The Hall–Kier alpha value is -1.07. The van der Waals surface area contributed by atoms with Crippen LogP contribution in [0.2, 0.25) is 0 Å². The van der Waals surface area contributed by atoms with Crippen LogP contribution in [0.4, 0.5) is 5.95 Å². The fourth-order valence-corrected chi connectivity index (χ4v) is 1.97. The summed E-state index contributed by atoms with van der Waals surface area (Å²) in [6, 6.07) is 0. The Morgan fingerprint density at radius 2 is 2.40 bits per heavy atom. The minimum atomic E-state index is -0.106. The number of rotatable bonds is 2. The number of morpholine rings is 1. The van der Waals surface area contributed by atoms with Gasteiger partial charge in [-0.25, -0.2) is 4.98 Å². The van der Waals surface area contributed by atoms with E-state index in [1.807, 2.05) is 24.7 Å². The predicted octanol–water partition coefficient (Wildman–Crippen LogP) is 0.00610. The molecule has 0 aromatic carbocycles. The first-order valence-corrected chi connectivity index (χ1v) is 5.19. The summed E-state index contributed by atoms with van der Waals surface area (Å²) in [5.74, 6) is 0.934. The summed E-state index contributed by atoms with van der Waals surface area (Å²) in [5, 5.41) is 9.11. The molecule has 1 aromatic rings. The van der Waals surface area contributed by atoms with Crippen molar-refractivity contribution in [3.8, 4) is 0 Å². The number of hydrogen-bond donors (Lipinski definition) is 1. The molecule has 5 heteroatoms. The van der Waals surface area contributed by atoms with E-state index >= 15 is 0 Å². The van der Waals surface area contributed by atoms with Gasteiger partial charge < -0.3 is 19.3 Å². The molecule has 1 aromatic heterocycles. The van der Waals surface area contributed by atoms with Gasteiger partial charge in [0.05, 0.1) is 18.8 Å². The van der Waals surface area contributed by atoms with Gasteiger partial charge >= 0.3 is 0 Å². The van der Waals surface area contributed by atoms with Crippen LogP contribution in [0.3, 0.4) is 0 Å². The second kappa shape index (κ2) is 4.20. The molecule has 2 atom stereocenters. The minimum Gasteiger partial charge on any atom is -0.394 e. The third-order valence-corrected chi connectivity index (χ3v) is 2.61. The number of aromatic nitrogens is 2. The normalized spacial score (nSPS) is 27.0. The van der Waals surface area contributed by atoms with Crippen molar-refractivity contribution in [2.45, 2.75) is 19.1 Å². The van der Waals surface area contributed by atoms with Crippen LogP contribution < -0.4 is 4.90 Å². The molecule has 0 spiro atoms. The zero-order valence-corrected chi connectivity index (χ0v) is 9.13. The molecule has 0 radical (unpaired) electrons. The molecule has 5 nitrogen and oxygen atoms in total. The molecule has 1 aliphatic heterocycles. The molecule has 1 fully saturated rings. The lowest BCUT2D eigenvalue weighted by atomic mass is 10.2. The van der Waals surface area contributed by atoms with E-state index in [-0.39, 0.29) is 18.8 Å². The molecule has 0 bridgehead atoms. The molecule has 0 amide bonds. The van der Waals surface area contributed by atoms with Crippen molar-refractivity contribution in [1.29, 1.82) is 0 Å². The van der Waals surface area contributed by atoms with Gasteiger partial charge in [-0.2, -0.15) is 0 Å². The van der Waals surface area contributed by atoms with Gasteiger partial charge in [0.2, 0.25) is 5.95 Å². The largest absolute Gasteiger partial charge is 0.394 e. The third kappa shape index (κ3) is 2.13. The second-order valence-electron chi connectivity index (χ2n) is 3.99. The molecule has 15 heavy (non-hydrogen) atoms. The highest BCUT2D eigenvalue weighted by Gasteiger charge is 2.26. The molecule has 1 aliphatic rings. The van der Waals surface area contributed by atoms with Crippen LogP contribution >= 0.6 is 0 Å². The lowest BCUT2D eigenvalue weighted by Crippen LogP contribution is -2.48. The summed E-state index contributed by atoms with van der Waals surface area (Å²) >= 11 is 0. The van der Waals surface area contributed by atoms with Crippen molar-refractivity contribution in [2.24, 2.45) is 7.05 Å². The lowest BCUT2D eigenvalue weighted by Gasteiger charge is -2.36. The Balaban J connectivity index is 2.12. The summed E-state index contributed by atoms with van der Waals surface area (Å²) in [7, 11) is 1.97. The van der Waals surface area contributed by atoms with Crippen molar-refractivity contribution in [3.63, 3.8) is 0 Å². The summed E-state index contributed by atoms with van der Waals surface area (Å²) in [6.07, 6.45) is 3.73. The van der Waals surface area contributed by atoms with Crippen LogP contribution in [0.1, 0.15) is 6.92 Å². The van der Waals surface area contributed by atoms with Gasteiger partial charge in [0.15, 0.2) is 0 Å². The maximum atomic E-state index is 9.11. The Morgan fingerprint density at radius 1 is 1.60 bits per heavy atom. The van der Waals surface area contributed by atoms with Crippen LogP contribution in [0.15, 0.2) is 12.4 Å². The van der Waals surface area contributed by atoms with Gasteiger partial charge in [0.1, 0.15) is 0 Å². The van der Waals surface area contributed by atoms with Crippen molar-refractivity contribution in [3.05, 3.63) is 12.4 Å². The Kier molecular flexibility index (Phi) is 2.93. The third-order valence-electron chi connectivity index (χ3n) is 2.61. The Bertz CT molecular complexity index is 326. The van der Waals surface area contributed by atoms with Crippen molar-refractivity contribution in [1.82, 2.24) is 9.55 Å². The van der Waals surface area contributed by atoms with Crippen molar-refractivity contribution < 1.29 is 9.84 Å². The fraction of sp³-hybridized carbons (Fsp3) is 0.700. The Morgan fingerprint density at radius 3 is 3.00 bits per heavy atom. The highest BCUT2D eigenvalue weighted by atomic mass is 16.5. The number of aryl methyl sites for hydroxylation is 1. The van der Waals surface area contributed by atoms with E-state index in [0.717, 1.165) is 12.5 Å². The van der Waals surface area contributed by atoms with Crippen LogP contribution in [0.25, 0.3) is 0 Å². The van der Waals surface area contributed by atoms with Crippen LogP contribution in [-0.4, -0.2) is 46.6 Å². The maximum absolute atomic E-state index is 9.11. The zero-order valence-electron chi connectivity index (χ0n) is 9.13. The molecule has 1 N–H and O–H groups in total. The summed E-state index contributed by atoms with van der Waals surface area (Å²) < 4.78 is 7.55. The number of ether oxygens (including phenoxy) is 1. The molecule has 2 unspecified atom stereocenters. The first-order valence-electron chi connectivity index (χ1n) is 5.19. The lowest BCUT2D eigenvalue weighted by molar-refractivity contribution is -0.0426. The number of aliphatic hydroxyl groups excluding tert-OH is 1. The molecule has 0 saturated carbocycles. The van der Waals surface area contributed by atoms with Crippen LogP contribution in [-0.2, 0) is 11.8 Å². The van der Waals surface area contributed by atoms with E-state index in [4.69, 9.17) is 9.84 Å². The fourth-order valence-electron chi connectivity index (χ4n) is 1.97. The van der Waals surface area contributed by atoms with Crippen LogP contribution in [0, 0.1) is 0 Å². The molecule has 2 rings (SSSR count). The number of aliphatic hydroxyl groups is 1. The van der Waals surface area contributed by atoms with Crippen LogP contribution in [0.5, 0.6) is 0 Å². The van der Waals surface area contributed by atoms with Gasteiger partial charge in [-0.3, -0.25) is 0 Å². The van der Waals surface area contributed by atoms with Gasteiger partial charge in [-0.15, -0.1) is 0 Å². The molecule has 2 heterocycles. The van der Waals surface area contributed by atoms with E-state index in [9.17, 15) is 0 Å². The van der Waals surface area contributed by atoms with E-state index in [1.54, 1.807) is 6.20 Å². The van der Waals surface area contributed by atoms with Gasteiger partial charge in [-0.1, -0.05) is 0 Å². The zero-order chi connectivity index (χ0) is 10.8. The predicted molar refractivity (Wildman–Crippen MR) is 56.8 cm³/mol. The average Bonchev–Trinajstić information content (AvgIpc) is 2.63. The van der Waals surface area contributed by atoms with Crippen molar-refractivity contribution in [2.75, 3.05) is 24.6 Å². The first kappa shape index (κ1) is 10.4. The average molecular weight is 211 g/mol.